The van der Waals surface area contributed by atoms with E-state index in [-0.39, 0.29) is 5.56 Å². The molecule has 0 fully saturated rings. The van der Waals surface area contributed by atoms with Gasteiger partial charge in [-0.15, -0.1) is 0 Å². The number of benzene rings is 2. The first-order valence-corrected chi connectivity index (χ1v) is 9.88. The van der Waals surface area contributed by atoms with Gasteiger partial charge in [-0.25, -0.2) is 4.79 Å². The van der Waals surface area contributed by atoms with Crippen LogP contribution in [0, 0.1) is 11.3 Å². The van der Waals surface area contributed by atoms with E-state index in [0.717, 1.165) is 33.7 Å². The zero-order valence-corrected chi connectivity index (χ0v) is 17.4. The van der Waals surface area contributed by atoms with Crippen LogP contribution in [-0.2, 0) is 7.05 Å². The van der Waals surface area contributed by atoms with E-state index >= 15 is 0 Å². The number of anilines is 2. The molecule has 0 aliphatic carbocycles. The molecule has 0 unspecified atom stereocenters. The number of aromatic amines is 1. The standard InChI is InChI=1S/C24H18N6O2/c1-29(15-5-3-14(13-25)4-6-15)16-7-8-17-19(11-16)28-30(2)23(17)21-12-20-22(27-21)18(24(31)32)9-10-26-20/h3-12,27H,1-2H3,(H,31,32). The Kier molecular flexibility index (Phi) is 4.38. The van der Waals surface area contributed by atoms with Gasteiger partial charge in [0.15, 0.2) is 0 Å². The zero-order chi connectivity index (χ0) is 22.4. The number of aromatic carboxylic acids is 1. The largest absolute Gasteiger partial charge is 0.478 e. The number of pyridine rings is 1. The van der Waals surface area contributed by atoms with E-state index in [1.54, 1.807) is 16.8 Å². The lowest BCUT2D eigenvalue weighted by Crippen LogP contribution is -2.09. The molecule has 2 N–H and O–H groups in total. The van der Waals surface area contributed by atoms with Crippen molar-refractivity contribution >= 4 is 39.3 Å². The highest BCUT2D eigenvalue weighted by molar-refractivity contribution is 6.03. The highest BCUT2D eigenvalue weighted by atomic mass is 16.4. The van der Waals surface area contributed by atoms with Gasteiger partial charge in [-0.2, -0.15) is 10.4 Å². The molecular weight excluding hydrogens is 404 g/mol. The van der Waals surface area contributed by atoms with Crippen LogP contribution in [0.3, 0.4) is 0 Å². The van der Waals surface area contributed by atoms with Gasteiger partial charge in [0, 0.05) is 37.1 Å². The van der Waals surface area contributed by atoms with E-state index in [9.17, 15) is 9.90 Å². The molecule has 0 aliphatic heterocycles. The van der Waals surface area contributed by atoms with Crippen LogP contribution < -0.4 is 4.90 Å². The first kappa shape index (κ1) is 19.3. The van der Waals surface area contributed by atoms with Crippen molar-refractivity contribution < 1.29 is 9.90 Å². The monoisotopic (exact) mass is 422 g/mol. The number of H-pyrrole nitrogens is 1. The van der Waals surface area contributed by atoms with Gasteiger partial charge in [-0.05, 0) is 54.6 Å². The molecule has 0 aliphatic rings. The van der Waals surface area contributed by atoms with Gasteiger partial charge in [-0.1, -0.05) is 0 Å². The third-order valence-corrected chi connectivity index (χ3v) is 5.60. The molecule has 8 heteroatoms. The minimum absolute atomic E-state index is 0.180. The van der Waals surface area contributed by atoms with Gasteiger partial charge in [0.2, 0.25) is 0 Å². The van der Waals surface area contributed by atoms with Crippen LogP contribution in [0.5, 0.6) is 0 Å². The van der Waals surface area contributed by atoms with Crippen molar-refractivity contribution in [2.75, 3.05) is 11.9 Å². The number of aromatic nitrogens is 4. The SMILES string of the molecule is CN(c1ccc(C#N)cc1)c1ccc2c(-c3cc4nccc(C(=O)O)c4[nH]3)n(C)nc2c1. The van der Waals surface area contributed by atoms with Crippen LogP contribution in [0.4, 0.5) is 11.4 Å². The first-order chi connectivity index (χ1) is 15.5. The minimum Gasteiger partial charge on any atom is -0.478 e. The second kappa shape index (κ2) is 7.25. The second-order valence-corrected chi connectivity index (χ2v) is 7.50. The second-order valence-electron chi connectivity index (χ2n) is 7.50. The molecule has 0 saturated heterocycles. The van der Waals surface area contributed by atoms with Crippen molar-refractivity contribution in [2.24, 2.45) is 7.05 Å². The van der Waals surface area contributed by atoms with Crippen molar-refractivity contribution in [3.8, 4) is 17.5 Å². The van der Waals surface area contributed by atoms with E-state index in [2.05, 4.69) is 21.1 Å². The minimum atomic E-state index is -1.00. The maximum atomic E-state index is 11.6. The summed E-state index contributed by atoms with van der Waals surface area (Å²) in [6.45, 7) is 0. The molecule has 3 heterocycles. The molecule has 8 nitrogen and oxygen atoms in total. The summed E-state index contributed by atoms with van der Waals surface area (Å²) in [4.78, 5) is 21.1. The van der Waals surface area contributed by atoms with Crippen LogP contribution in [0.2, 0.25) is 0 Å². The summed E-state index contributed by atoms with van der Waals surface area (Å²) in [5.74, 6) is -1.00. The van der Waals surface area contributed by atoms with E-state index in [1.165, 1.54) is 12.3 Å². The number of nitrogens with one attached hydrogen (secondary N) is 1. The summed E-state index contributed by atoms with van der Waals surface area (Å²) in [7, 11) is 3.82. The number of nitrogens with zero attached hydrogens (tertiary/aromatic N) is 5. The predicted molar refractivity (Wildman–Crippen MR) is 122 cm³/mol. The van der Waals surface area contributed by atoms with Crippen molar-refractivity contribution in [3.05, 3.63) is 71.9 Å². The molecular formula is C24H18N6O2. The zero-order valence-electron chi connectivity index (χ0n) is 17.4. The number of fused-ring (bicyclic) bond motifs is 2. The summed E-state index contributed by atoms with van der Waals surface area (Å²) < 4.78 is 1.78. The van der Waals surface area contributed by atoms with Gasteiger partial charge in [0.1, 0.15) is 0 Å². The van der Waals surface area contributed by atoms with Gasteiger partial charge in [0.05, 0.1) is 45.1 Å². The molecule has 2 aromatic carbocycles. The van der Waals surface area contributed by atoms with Crippen LogP contribution in [0.25, 0.3) is 33.3 Å². The molecule has 0 radical (unpaired) electrons. The van der Waals surface area contributed by atoms with Gasteiger partial charge in [-0.3, -0.25) is 9.67 Å². The maximum Gasteiger partial charge on any atom is 0.337 e. The maximum absolute atomic E-state index is 11.6. The number of carboxylic acid groups (broad SMARTS) is 1. The number of carbonyl (C=O) groups is 1. The van der Waals surface area contributed by atoms with E-state index < -0.39 is 5.97 Å². The van der Waals surface area contributed by atoms with Crippen molar-refractivity contribution in [2.45, 2.75) is 0 Å². The first-order valence-electron chi connectivity index (χ1n) is 9.88. The van der Waals surface area contributed by atoms with E-state index in [1.807, 2.05) is 55.4 Å². The molecule has 156 valence electrons. The third kappa shape index (κ3) is 3.04. The molecule has 32 heavy (non-hydrogen) atoms. The highest BCUT2D eigenvalue weighted by Gasteiger charge is 2.18. The number of carboxylic acids is 1. The smallest absolute Gasteiger partial charge is 0.337 e. The number of rotatable bonds is 4. The van der Waals surface area contributed by atoms with Crippen molar-refractivity contribution in [1.82, 2.24) is 19.7 Å². The molecule has 0 bridgehead atoms. The average Bonchev–Trinajstić information content (AvgIpc) is 3.37. The molecule has 5 aromatic rings. The predicted octanol–water partition coefficient (Wildman–Crippen LogP) is 4.45. The van der Waals surface area contributed by atoms with Crippen LogP contribution in [-0.4, -0.2) is 37.9 Å². The fourth-order valence-electron chi connectivity index (χ4n) is 3.96. The fraction of sp³-hybridized carbons (Fsp3) is 0.0833. The summed E-state index contributed by atoms with van der Waals surface area (Å²) in [5.41, 5.74) is 6.20. The van der Waals surface area contributed by atoms with Crippen LogP contribution in [0.1, 0.15) is 15.9 Å². The highest BCUT2D eigenvalue weighted by Crippen LogP contribution is 2.33. The lowest BCUT2D eigenvalue weighted by molar-refractivity contribution is 0.0698. The molecule has 0 spiro atoms. The molecule has 5 rings (SSSR count). The number of hydrogen-bond acceptors (Lipinski definition) is 5. The summed E-state index contributed by atoms with van der Waals surface area (Å²) in [5, 5.41) is 24.1. The van der Waals surface area contributed by atoms with Crippen LogP contribution in [0.15, 0.2) is 60.8 Å². The Balaban J connectivity index is 1.58. The molecule has 0 amide bonds. The molecule has 0 saturated carbocycles. The summed E-state index contributed by atoms with van der Waals surface area (Å²) in [6.07, 6.45) is 1.50. The Labute approximate surface area is 183 Å². The van der Waals surface area contributed by atoms with E-state index in [4.69, 9.17) is 5.26 Å². The summed E-state index contributed by atoms with van der Waals surface area (Å²) >= 11 is 0. The van der Waals surface area contributed by atoms with E-state index in [0.29, 0.717) is 16.6 Å². The normalized spacial score (nSPS) is 11.0. The number of hydrogen-bond donors (Lipinski definition) is 2. The number of nitriles is 1. The molecule has 0 atom stereocenters. The van der Waals surface area contributed by atoms with Crippen molar-refractivity contribution in [3.63, 3.8) is 0 Å². The van der Waals surface area contributed by atoms with Gasteiger partial charge in [0.25, 0.3) is 0 Å². The summed E-state index contributed by atoms with van der Waals surface area (Å²) in [6, 6.07) is 18.9. The number of aryl methyl sites for hydroxylation is 1. The average molecular weight is 422 g/mol. The molecule has 3 aromatic heterocycles. The topological polar surface area (TPSA) is 111 Å². The Morgan fingerprint density at radius 1 is 1.09 bits per heavy atom. The quantitative estimate of drug-likeness (QED) is 0.443. The van der Waals surface area contributed by atoms with Crippen molar-refractivity contribution in [1.29, 1.82) is 5.26 Å². The lowest BCUT2D eigenvalue weighted by Gasteiger charge is -2.19. The van der Waals surface area contributed by atoms with Gasteiger partial charge >= 0.3 is 5.97 Å². The Bertz CT molecular complexity index is 1540. The Hall–Kier alpha value is -4.64. The third-order valence-electron chi connectivity index (χ3n) is 5.60. The Morgan fingerprint density at radius 3 is 2.56 bits per heavy atom. The Morgan fingerprint density at radius 2 is 1.84 bits per heavy atom. The van der Waals surface area contributed by atoms with Gasteiger partial charge < -0.3 is 15.0 Å². The lowest BCUT2D eigenvalue weighted by atomic mass is 10.1. The van der Waals surface area contributed by atoms with Crippen LogP contribution >= 0.6 is 0 Å². The fourth-order valence-corrected chi connectivity index (χ4v) is 3.96.